The lowest BCUT2D eigenvalue weighted by Crippen LogP contribution is -2.51. The summed E-state index contributed by atoms with van der Waals surface area (Å²) >= 11 is 0. The summed E-state index contributed by atoms with van der Waals surface area (Å²) in [4.78, 5) is 4.94. The zero-order chi connectivity index (χ0) is 15.2. The lowest BCUT2D eigenvalue weighted by molar-refractivity contribution is 0.176. The molecule has 1 heterocycles. The molecule has 4 nitrogen and oxygen atoms in total. The van der Waals surface area contributed by atoms with E-state index in [1.165, 1.54) is 16.8 Å². The van der Waals surface area contributed by atoms with Gasteiger partial charge in [0, 0.05) is 44.5 Å². The van der Waals surface area contributed by atoms with Gasteiger partial charge in [-0.3, -0.25) is 4.90 Å². The van der Waals surface area contributed by atoms with Gasteiger partial charge in [0.2, 0.25) is 0 Å². The van der Waals surface area contributed by atoms with Gasteiger partial charge in [-0.25, -0.2) is 0 Å². The van der Waals surface area contributed by atoms with Crippen molar-refractivity contribution < 1.29 is 5.11 Å². The second kappa shape index (κ2) is 7.78. The number of aliphatic hydroxyl groups is 1. The summed E-state index contributed by atoms with van der Waals surface area (Å²) in [5, 5.41) is 12.7. The van der Waals surface area contributed by atoms with Gasteiger partial charge in [0.15, 0.2) is 0 Å². The van der Waals surface area contributed by atoms with E-state index in [-0.39, 0.29) is 12.6 Å². The molecule has 1 atom stereocenters. The van der Waals surface area contributed by atoms with Crippen molar-refractivity contribution in [3.8, 4) is 0 Å². The van der Waals surface area contributed by atoms with Crippen molar-refractivity contribution in [3.05, 3.63) is 29.3 Å². The van der Waals surface area contributed by atoms with Crippen LogP contribution in [0.25, 0.3) is 0 Å². The van der Waals surface area contributed by atoms with E-state index in [4.69, 9.17) is 0 Å². The summed E-state index contributed by atoms with van der Waals surface area (Å²) in [7, 11) is 0. The highest BCUT2D eigenvalue weighted by Gasteiger charge is 2.20. The Morgan fingerprint density at radius 2 is 1.90 bits per heavy atom. The Kier molecular flexibility index (Phi) is 6.03. The zero-order valence-corrected chi connectivity index (χ0v) is 13.6. The lowest BCUT2D eigenvalue weighted by Gasteiger charge is -2.38. The second-order valence-electron chi connectivity index (χ2n) is 5.94. The van der Waals surface area contributed by atoms with Gasteiger partial charge in [-0.05, 0) is 37.6 Å². The van der Waals surface area contributed by atoms with Gasteiger partial charge < -0.3 is 15.3 Å². The van der Waals surface area contributed by atoms with Crippen molar-refractivity contribution in [2.45, 2.75) is 26.8 Å². The van der Waals surface area contributed by atoms with Gasteiger partial charge >= 0.3 is 0 Å². The Bertz CT molecular complexity index is 442. The Hall–Kier alpha value is -1.10. The number of likely N-dealkylation sites (N-methyl/N-ethyl adjacent to an activating group) is 1. The van der Waals surface area contributed by atoms with Crippen LogP contribution in [0.15, 0.2) is 18.2 Å². The summed E-state index contributed by atoms with van der Waals surface area (Å²) in [5.41, 5.74) is 4.13. The van der Waals surface area contributed by atoms with Crippen molar-refractivity contribution in [2.24, 2.45) is 0 Å². The van der Waals surface area contributed by atoms with Gasteiger partial charge in [-0.1, -0.05) is 19.1 Å². The van der Waals surface area contributed by atoms with Crippen LogP contribution >= 0.6 is 0 Å². The van der Waals surface area contributed by atoms with Crippen molar-refractivity contribution in [1.29, 1.82) is 0 Å². The fraction of sp³-hybridized carbons (Fsp3) is 0.647. The summed E-state index contributed by atoms with van der Waals surface area (Å²) in [5.74, 6) is 0. The van der Waals surface area contributed by atoms with E-state index >= 15 is 0 Å². The molecular weight excluding hydrogens is 262 g/mol. The number of nitrogens with zero attached hydrogens (tertiary/aromatic N) is 2. The van der Waals surface area contributed by atoms with Crippen LogP contribution in [0.5, 0.6) is 0 Å². The molecule has 0 amide bonds. The smallest absolute Gasteiger partial charge is 0.0597 e. The van der Waals surface area contributed by atoms with Crippen LogP contribution in [0, 0.1) is 13.8 Å². The van der Waals surface area contributed by atoms with Gasteiger partial charge in [0.05, 0.1) is 6.61 Å². The van der Waals surface area contributed by atoms with Crippen LogP contribution in [0.3, 0.4) is 0 Å². The molecule has 0 aromatic heterocycles. The Labute approximate surface area is 128 Å². The maximum Gasteiger partial charge on any atom is 0.0597 e. The molecule has 1 unspecified atom stereocenters. The lowest BCUT2D eigenvalue weighted by atomic mass is 10.1. The zero-order valence-electron chi connectivity index (χ0n) is 13.6. The van der Waals surface area contributed by atoms with Crippen LogP contribution in [0.1, 0.15) is 18.1 Å². The van der Waals surface area contributed by atoms with Gasteiger partial charge in [0.1, 0.15) is 0 Å². The third kappa shape index (κ3) is 4.19. The summed E-state index contributed by atoms with van der Waals surface area (Å²) in [6.07, 6.45) is 0. The van der Waals surface area contributed by atoms with Crippen LogP contribution in [0.2, 0.25) is 0 Å². The maximum atomic E-state index is 9.39. The highest BCUT2D eigenvalue weighted by atomic mass is 16.3. The molecule has 4 heteroatoms. The average molecular weight is 291 g/mol. The molecule has 21 heavy (non-hydrogen) atoms. The molecule has 0 spiro atoms. The Morgan fingerprint density at radius 3 is 2.52 bits per heavy atom. The first-order valence-corrected chi connectivity index (χ1v) is 8.03. The van der Waals surface area contributed by atoms with E-state index in [2.05, 4.69) is 54.1 Å². The molecule has 1 aromatic rings. The van der Waals surface area contributed by atoms with Crippen LogP contribution in [-0.4, -0.2) is 61.9 Å². The molecular formula is C17H29N3O. The highest BCUT2D eigenvalue weighted by Crippen LogP contribution is 2.23. The molecule has 1 fully saturated rings. The number of aryl methyl sites for hydroxylation is 1. The van der Waals surface area contributed by atoms with Crippen molar-refractivity contribution in [2.75, 3.05) is 50.8 Å². The SMILES string of the molecule is CCNC(CO)CN1CCN(c2cccc(C)c2C)CC1. The minimum Gasteiger partial charge on any atom is -0.395 e. The first-order chi connectivity index (χ1) is 10.2. The summed E-state index contributed by atoms with van der Waals surface area (Å²) in [6.45, 7) is 12.8. The molecule has 0 aliphatic carbocycles. The molecule has 0 bridgehead atoms. The van der Waals surface area contributed by atoms with E-state index in [0.717, 1.165) is 39.3 Å². The first kappa shape index (κ1) is 16.3. The number of hydrogen-bond acceptors (Lipinski definition) is 4. The molecule has 2 N–H and O–H groups in total. The third-order valence-electron chi connectivity index (χ3n) is 4.48. The van der Waals surface area contributed by atoms with E-state index in [1.807, 2.05) is 0 Å². The molecule has 1 aromatic carbocycles. The van der Waals surface area contributed by atoms with Crippen molar-refractivity contribution in [3.63, 3.8) is 0 Å². The van der Waals surface area contributed by atoms with E-state index < -0.39 is 0 Å². The number of nitrogens with one attached hydrogen (secondary N) is 1. The fourth-order valence-electron chi connectivity index (χ4n) is 3.04. The van der Waals surface area contributed by atoms with Gasteiger partial charge in [-0.15, -0.1) is 0 Å². The minimum atomic E-state index is 0.197. The number of anilines is 1. The third-order valence-corrected chi connectivity index (χ3v) is 4.48. The molecule has 0 radical (unpaired) electrons. The molecule has 0 saturated carbocycles. The first-order valence-electron chi connectivity index (χ1n) is 8.03. The van der Waals surface area contributed by atoms with Crippen molar-refractivity contribution in [1.82, 2.24) is 10.2 Å². The quantitative estimate of drug-likeness (QED) is 0.831. The number of rotatable bonds is 6. The predicted molar refractivity (Wildman–Crippen MR) is 89.1 cm³/mol. The fourth-order valence-corrected chi connectivity index (χ4v) is 3.04. The largest absolute Gasteiger partial charge is 0.395 e. The molecule has 118 valence electrons. The summed E-state index contributed by atoms with van der Waals surface area (Å²) in [6, 6.07) is 6.75. The summed E-state index contributed by atoms with van der Waals surface area (Å²) < 4.78 is 0. The number of hydrogen-bond donors (Lipinski definition) is 2. The average Bonchev–Trinajstić information content (AvgIpc) is 2.50. The molecule has 1 saturated heterocycles. The van der Waals surface area contributed by atoms with Crippen molar-refractivity contribution >= 4 is 5.69 Å². The van der Waals surface area contributed by atoms with E-state index in [0.29, 0.717) is 0 Å². The topological polar surface area (TPSA) is 38.7 Å². The van der Waals surface area contributed by atoms with Gasteiger partial charge in [0.25, 0.3) is 0 Å². The standard InChI is InChI=1S/C17H29N3O/c1-4-18-16(13-21)12-19-8-10-20(11-9-19)17-7-5-6-14(2)15(17)3/h5-7,16,18,21H,4,8-13H2,1-3H3. The van der Waals surface area contributed by atoms with E-state index in [9.17, 15) is 5.11 Å². The Balaban J connectivity index is 1.89. The number of aliphatic hydroxyl groups excluding tert-OH is 1. The molecule has 1 aliphatic rings. The van der Waals surface area contributed by atoms with Crippen LogP contribution in [0.4, 0.5) is 5.69 Å². The second-order valence-corrected chi connectivity index (χ2v) is 5.94. The number of benzene rings is 1. The molecule has 2 rings (SSSR count). The minimum absolute atomic E-state index is 0.197. The number of piperazine rings is 1. The van der Waals surface area contributed by atoms with Gasteiger partial charge in [-0.2, -0.15) is 0 Å². The van der Waals surface area contributed by atoms with E-state index in [1.54, 1.807) is 0 Å². The predicted octanol–water partition coefficient (Wildman–Crippen LogP) is 1.40. The maximum absolute atomic E-state index is 9.39. The molecule has 1 aliphatic heterocycles. The van der Waals surface area contributed by atoms with Crippen LogP contribution < -0.4 is 10.2 Å². The Morgan fingerprint density at radius 1 is 1.19 bits per heavy atom. The van der Waals surface area contributed by atoms with Crippen LogP contribution in [-0.2, 0) is 0 Å². The normalized spacial score (nSPS) is 18.0. The monoisotopic (exact) mass is 291 g/mol. The highest BCUT2D eigenvalue weighted by molar-refractivity contribution is 5.56.